The van der Waals surface area contributed by atoms with E-state index in [2.05, 4.69) is 4.74 Å². The molecule has 0 aliphatic heterocycles. The molecule has 0 unspecified atom stereocenters. The normalized spacial score (nSPS) is 9.50. The van der Waals surface area contributed by atoms with Gasteiger partial charge < -0.3 is 4.74 Å². The van der Waals surface area contributed by atoms with Crippen LogP contribution in [-0.2, 0) is 4.74 Å². The number of halogens is 1. The first-order valence-electron chi connectivity index (χ1n) is 3.28. The van der Waals surface area contributed by atoms with Crippen LogP contribution in [0.2, 0.25) is 0 Å². The number of hydrogen-bond acceptors (Lipinski definition) is 2. The summed E-state index contributed by atoms with van der Waals surface area (Å²) in [6, 6.07) is 3.52. The van der Waals surface area contributed by atoms with Crippen LogP contribution in [0.15, 0.2) is 18.2 Å². The largest absolute Gasteiger partial charge is 0.465 e. The molecule has 0 atom stereocenters. The third-order valence-corrected chi connectivity index (χ3v) is 1.42. The first kappa shape index (κ1) is 8.78. The zero-order valence-corrected chi connectivity index (χ0v) is 6.50. The lowest BCUT2D eigenvalue weighted by Gasteiger charge is -2.02. The minimum atomic E-state index is -0.563. The second-order valence-electron chi connectivity index (χ2n) is 2.22. The molecule has 2 nitrogen and oxygen atoms in total. The summed E-state index contributed by atoms with van der Waals surface area (Å²) in [4.78, 5) is 10.9. The molecule has 1 rings (SSSR count). The lowest BCUT2D eigenvalue weighted by Crippen LogP contribution is -2.17. The lowest BCUT2D eigenvalue weighted by molar-refractivity contribution is 0.0602. The van der Waals surface area contributed by atoms with Gasteiger partial charge in [-0.05, 0) is 18.2 Å². The molecule has 0 aliphatic rings. The van der Waals surface area contributed by atoms with Gasteiger partial charge in [0.25, 0.3) is 0 Å². The fraction of sp³-hybridized carbons (Fsp3) is 0.125. The van der Waals surface area contributed by atoms with Gasteiger partial charge in [-0.25, -0.2) is 9.18 Å². The summed E-state index contributed by atoms with van der Waals surface area (Å²) in [6.07, 6.45) is 0. The van der Waals surface area contributed by atoms with Gasteiger partial charge in [-0.3, -0.25) is 0 Å². The van der Waals surface area contributed by atoms with Crippen LogP contribution < -0.4 is 5.46 Å². The van der Waals surface area contributed by atoms with Crippen molar-refractivity contribution >= 4 is 19.3 Å². The van der Waals surface area contributed by atoms with Crippen molar-refractivity contribution in [3.05, 3.63) is 29.6 Å². The molecule has 60 valence electrons. The summed E-state index contributed by atoms with van der Waals surface area (Å²) in [5, 5.41) is 0. The maximum absolute atomic E-state index is 12.5. The van der Waals surface area contributed by atoms with Crippen LogP contribution in [0.3, 0.4) is 0 Å². The average Bonchev–Trinajstić information content (AvgIpc) is 2.03. The maximum atomic E-state index is 12.5. The number of methoxy groups -OCH3 is 1. The van der Waals surface area contributed by atoms with E-state index in [0.29, 0.717) is 0 Å². The van der Waals surface area contributed by atoms with Crippen molar-refractivity contribution in [3.8, 4) is 0 Å². The Kier molecular flexibility index (Phi) is 2.48. The highest BCUT2D eigenvalue weighted by Gasteiger charge is 2.07. The van der Waals surface area contributed by atoms with Crippen LogP contribution in [0.5, 0.6) is 0 Å². The smallest absolute Gasteiger partial charge is 0.337 e. The van der Waals surface area contributed by atoms with Crippen molar-refractivity contribution < 1.29 is 13.9 Å². The van der Waals surface area contributed by atoms with Crippen LogP contribution in [0.4, 0.5) is 4.39 Å². The van der Waals surface area contributed by atoms with Crippen LogP contribution >= 0.6 is 0 Å². The summed E-state index contributed by atoms with van der Waals surface area (Å²) in [5.41, 5.74) is 0.265. The van der Waals surface area contributed by atoms with Crippen LogP contribution in [0.25, 0.3) is 0 Å². The van der Waals surface area contributed by atoms with Crippen LogP contribution in [0, 0.1) is 5.82 Å². The molecule has 4 heteroatoms. The zero-order valence-electron chi connectivity index (χ0n) is 6.50. The van der Waals surface area contributed by atoms with E-state index in [9.17, 15) is 9.18 Å². The van der Waals surface area contributed by atoms with E-state index in [1.165, 1.54) is 13.2 Å². The molecule has 0 heterocycles. The third kappa shape index (κ3) is 1.64. The Bertz CT molecular complexity index is 312. The summed E-state index contributed by atoms with van der Waals surface area (Å²) >= 11 is 0. The van der Waals surface area contributed by atoms with Gasteiger partial charge in [-0.2, -0.15) is 0 Å². The highest BCUT2D eigenvalue weighted by Crippen LogP contribution is 2.00. The van der Waals surface area contributed by atoms with Crippen molar-refractivity contribution in [1.29, 1.82) is 0 Å². The maximum Gasteiger partial charge on any atom is 0.337 e. The molecular formula is C8H6BFO2. The minimum absolute atomic E-state index is 0.0850. The molecule has 0 fully saturated rings. The molecule has 1 aromatic carbocycles. The first-order chi connectivity index (χ1) is 5.65. The first-order valence-corrected chi connectivity index (χ1v) is 3.28. The van der Waals surface area contributed by atoms with Crippen molar-refractivity contribution in [2.45, 2.75) is 0 Å². The van der Waals surface area contributed by atoms with E-state index in [1.54, 1.807) is 0 Å². The quantitative estimate of drug-likeness (QED) is 0.443. The Morgan fingerprint density at radius 3 is 2.75 bits per heavy atom. The van der Waals surface area contributed by atoms with E-state index in [0.717, 1.165) is 12.1 Å². The fourth-order valence-corrected chi connectivity index (χ4v) is 0.829. The topological polar surface area (TPSA) is 26.3 Å². The number of carbonyl (C=O) groups is 1. The molecule has 0 bridgehead atoms. The Hall–Kier alpha value is -1.32. The molecule has 0 aliphatic carbocycles. The molecule has 0 amide bonds. The predicted molar refractivity (Wildman–Crippen MR) is 43.1 cm³/mol. The lowest BCUT2D eigenvalue weighted by atomic mass is 9.90. The summed E-state index contributed by atoms with van der Waals surface area (Å²) in [5.74, 6) is -1.03. The van der Waals surface area contributed by atoms with Crippen LogP contribution in [0.1, 0.15) is 10.4 Å². The standard InChI is InChI=1S/C8H6BFO2/c1-12-8(11)6-3-2-5(10)4-7(6)9/h2-4H,1H3. The molecule has 1 aromatic rings. The Labute approximate surface area is 70.8 Å². The molecule has 0 N–H and O–H groups in total. The molecule has 12 heavy (non-hydrogen) atoms. The van der Waals surface area contributed by atoms with E-state index in [4.69, 9.17) is 7.85 Å². The summed E-state index contributed by atoms with van der Waals surface area (Å²) in [6.45, 7) is 0. The number of esters is 1. The van der Waals surface area contributed by atoms with Crippen molar-refractivity contribution in [3.63, 3.8) is 0 Å². The van der Waals surface area contributed by atoms with E-state index >= 15 is 0 Å². The molecular weight excluding hydrogens is 158 g/mol. The molecule has 2 radical (unpaired) electrons. The third-order valence-electron chi connectivity index (χ3n) is 1.42. The summed E-state index contributed by atoms with van der Waals surface area (Å²) in [7, 11) is 6.60. The van der Waals surface area contributed by atoms with Gasteiger partial charge in [-0.15, -0.1) is 0 Å². The number of hydrogen-bond donors (Lipinski definition) is 0. The zero-order chi connectivity index (χ0) is 9.14. The SMILES string of the molecule is [B]c1cc(F)ccc1C(=O)OC. The van der Waals surface area contributed by atoms with Crippen molar-refractivity contribution in [1.82, 2.24) is 0 Å². The van der Waals surface area contributed by atoms with Gasteiger partial charge in [-0.1, -0.05) is 5.46 Å². The minimum Gasteiger partial charge on any atom is -0.465 e. The fourth-order valence-electron chi connectivity index (χ4n) is 0.829. The Morgan fingerprint density at radius 1 is 1.58 bits per heavy atom. The second-order valence-corrected chi connectivity index (χ2v) is 2.22. The number of benzene rings is 1. The van der Waals surface area contributed by atoms with E-state index < -0.39 is 11.8 Å². The van der Waals surface area contributed by atoms with Gasteiger partial charge >= 0.3 is 5.97 Å². The van der Waals surface area contributed by atoms with Crippen molar-refractivity contribution in [2.75, 3.05) is 7.11 Å². The van der Waals surface area contributed by atoms with Crippen LogP contribution in [-0.4, -0.2) is 20.9 Å². The highest BCUT2D eigenvalue weighted by atomic mass is 19.1. The number of ether oxygens (including phenoxy) is 1. The Morgan fingerprint density at radius 2 is 2.25 bits per heavy atom. The van der Waals surface area contributed by atoms with Crippen molar-refractivity contribution in [2.24, 2.45) is 0 Å². The molecule has 0 aromatic heterocycles. The molecule has 0 saturated carbocycles. The van der Waals surface area contributed by atoms with Gasteiger partial charge in [0.1, 0.15) is 13.7 Å². The molecule has 0 saturated heterocycles. The summed E-state index contributed by atoms with van der Waals surface area (Å²) < 4.78 is 16.9. The van der Waals surface area contributed by atoms with E-state index in [1.807, 2.05) is 0 Å². The van der Waals surface area contributed by atoms with Gasteiger partial charge in [0.2, 0.25) is 0 Å². The number of rotatable bonds is 1. The monoisotopic (exact) mass is 164 g/mol. The van der Waals surface area contributed by atoms with Gasteiger partial charge in [0, 0.05) is 0 Å². The van der Waals surface area contributed by atoms with E-state index in [-0.39, 0.29) is 11.0 Å². The number of carbonyl (C=O) groups excluding carboxylic acids is 1. The van der Waals surface area contributed by atoms with Gasteiger partial charge in [0.15, 0.2) is 0 Å². The average molecular weight is 164 g/mol. The second kappa shape index (κ2) is 3.39. The Balaban J connectivity index is 3.09. The molecule has 0 spiro atoms. The predicted octanol–water partition coefficient (Wildman–Crippen LogP) is 0.406. The highest BCUT2D eigenvalue weighted by molar-refractivity contribution is 6.36. The van der Waals surface area contributed by atoms with Gasteiger partial charge in [0.05, 0.1) is 12.7 Å².